The summed E-state index contributed by atoms with van der Waals surface area (Å²) < 4.78 is 24.5. The minimum atomic E-state index is -3.23. The van der Waals surface area contributed by atoms with Crippen LogP contribution >= 0.6 is 11.3 Å². The Morgan fingerprint density at radius 3 is 2.38 bits per heavy atom. The minimum absolute atomic E-state index is 0.0515. The van der Waals surface area contributed by atoms with Gasteiger partial charge in [-0.3, -0.25) is 9.69 Å². The Hall–Kier alpha value is -3.07. The quantitative estimate of drug-likeness (QED) is 0.378. The maximum Gasteiger partial charge on any atom is 0.238 e. The fourth-order valence-corrected chi connectivity index (χ4v) is 5.36. The highest BCUT2D eigenvalue weighted by molar-refractivity contribution is 7.90. The van der Waals surface area contributed by atoms with Crippen molar-refractivity contribution < 1.29 is 13.2 Å². The van der Waals surface area contributed by atoms with Crippen LogP contribution in [0.4, 0.5) is 5.69 Å². The van der Waals surface area contributed by atoms with Crippen LogP contribution in [0.1, 0.15) is 24.1 Å². The van der Waals surface area contributed by atoms with Crippen molar-refractivity contribution in [3.63, 3.8) is 0 Å². The Kier molecular flexibility index (Phi) is 6.84. The minimum Gasteiger partial charge on any atom is -0.325 e. The molecule has 0 fully saturated rings. The molecule has 0 saturated heterocycles. The molecule has 176 valence electrons. The van der Waals surface area contributed by atoms with Gasteiger partial charge in [0.05, 0.1) is 21.7 Å². The van der Waals surface area contributed by atoms with E-state index in [-0.39, 0.29) is 23.4 Å². The Morgan fingerprint density at radius 2 is 1.74 bits per heavy atom. The molecule has 1 aromatic heterocycles. The van der Waals surface area contributed by atoms with Crippen LogP contribution in [0.2, 0.25) is 0 Å². The van der Waals surface area contributed by atoms with Gasteiger partial charge in [-0.1, -0.05) is 18.2 Å². The first kappa shape index (κ1) is 24.1. The summed E-state index contributed by atoms with van der Waals surface area (Å²) in [4.78, 5) is 19.5. The summed E-state index contributed by atoms with van der Waals surface area (Å²) >= 11 is 1.66. The second-order valence-corrected chi connectivity index (χ2v) is 11.6. The molecule has 0 radical (unpaired) electrons. The molecule has 0 bridgehead atoms. The molecule has 6 nitrogen and oxygen atoms in total. The van der Waals surface area contributed by atoms with Crippen LogP contribution < -0.4 is 5.32 Å². The van der Waals surface area contributed by atoms with E-state index >= 15 is 0 Å². The molecule has 1 amide bonds. The van der Waals surface area contributed by atoms with Crippen molar-refractivity contribution >= 4 is 43.0 Å². The molecular formula is C26H27N3O3S2. The molecule has 8 heteroatoms. The van der Waals surface area contributed by atoms with E-state index in [1.54, 1.807) is 35.6 Å². The van der Waals surface area contributed by atoms with Crippen LogP contribution in [0, 0.1) is 6.92 Å². The standard InChI is InChI=1S/C26H27N3O3S2/c1-17-5-14-23-24(15-17)33-26(28-23)20-6-10-21(11-7-20)27-25(30)16-29(3)18(2)19-8-12-22(13-9-19)34(4,31)32/h5-15,18H,16H2,1-4H3,(H,27,30). The van der Waals surface area contributed by atoms with Crippen LogP contribution in [-0.2, 0) is 14.6 Å². The van der Waals surface area contributed by atoms with Gasteiger partial charge in [0, 0.05) is 23.5 Å². The third-order valence-electron chi connectivity index (χ3n) is 5.80. The molecule has 0 aliphatic rings. The number of likely N-dealkylation sites (N-methyl/N-ethyl adjacent to an activating group) is 1. The number of aryl methyl sites for hydroxylation is 1. The van der Waals surface area contributed by atoms with Gasteiger partial charge in [-0.2, -0.15) is 0 Å². The number of rotatable bonds is 7. The first-order valence-electron chi connectivity index (χ1n) is 10.9. The van der Waals surface area contributed by atoms with Gasteiger partial charge in [0.15, 0.2) is 9.84 Å². The van der Waals surface area contributed by atoms with Gasteiger partial charge in [0.1, 0.15) is 5.01 Å². The summed E-state index contributed by atoms with van der Waals surface area (Å²) in [5, 5.41) is 3.90. The fourth-order valence-electron chi connectivity index (χ4n) is 3.66. The zero-order chi connectivity index (χ0) is 24.5. The van der Waals surface area contributed by atoms with Gasteiger partial charge < -0.3 is 5.32 Å². The van der Waals surface area contributed by atoms with Gasteiger partial charge in [0.25, 0.3) is 0 Å². The first-order chi connectivity index (χ1) is 16.1. The first-order valence-corrected chi connectivity index (χ1v) is 13.6. The SMILES string of the molecule is Cc1ccc2nc(-c3ccc(NC(=O)CN(C)C(C)c4ccc(S(C)(=O)=O)cc4)cc3)sc2c1. The van der Waals surface area contributed by atoms with Crippen LogP contribution in [0.3, 0.4) is 0 Å². The van der Waals surface area contributed by atoms with Crippen LogP contribution in [0.25, 0.3) is 20.8 Å². The zero-order valence-corrected chi connectivity index (χ0v) is 21.2. The molecule has 0 aliphatic heterocycles. The van der Waals surface area contributed by atoms with Crippen molar-refractivity contribution in [1.82, 2.24) is 9.88 Å². The van der Waals surface area contributed by atoms with E-state index in [9.17, 15) is 13.2 Å². The number of hydrogen-bond donors (Lipinski definition) is 1. The Bertz CT molecular complexity index is 1430. The molecular weight excluding hydrogens is 466 g/mol. The van der Waals surface area contributed by atoms with Crippen molar-refractivity contribution in [2.24, 2.45) is 0 Å². The molecule has 1 heterocycles. The number of fused-ring (bicyclic) bond motifs is 1. The van der Waals surface area contributed by atoms with E-state index in [1.165, 1.54) is 11.8 Å². The van der Waals surface area contributed by atoms with Crippen molar-refractivity contribution in [2.75, 3.05) is 25.2 Å². The number of carbonyl (C=O) groups excluding carboxylic acids is 1. The van der Waals surface area contributed by atoms with Crippen LogP contribution in [0.5, 0.6) is 0 Å². The lowest BCUT2D eigenvalue weighted by Crippen LogP contribution is -2.32. The number of sulfone groups is 1. The van der Waals surface area contributed by atoms with Gasteiger partial charge in [-0.05, 0) is 80.6 Å². The normalized spacial score (nSPS) is 12.7. The third kappa shape index (κ3) is 5.52. The largest absolute Gasteiger partial charge is 0.325 e. The summed E-state index contributed by atoms with van der Waals surface area (Å²) in [6.07, 6.45) is 1.19. The Balaban J connectivity index is 1.37. The van der Waals surface area contributed by atoms with E-state index in [4.69, 9.17) is 4.98 Å². The predicted octanol–water partition coefficient (Wildman–Crippen LogP) is 5.31. The lowest BCUT2D eigenvalue weighted by molar-refractivity contribution is -0.117. The van der Waals surface area contributed by atoms with E-state index in [0.717, 1.165) is 32.0 Å². The topological polar surface area (TPSA) is 79.4 Å². The molecule has 4 aromatic rings. The molecule has 1 atom stereocenters. The van der Waals surface area contributed by atoms with Crippen molar-refractivity contribution in [2.45, 2.75) is 24.8 Å². The Labute approximate surface area is 204 Å². The summed E-state index contributed by atoms with van der Waals surface area (Å²) in [6, 6.07) is 20.7. The molecule has 1 unspecified atom stereocenters. The lowest BCUT2D eigenvalue weighted by Gasteiger charge is -2.24. The molecule has 0 saturated carbocycles. The molecule has 3 aromatic carbocycles. The van der Waals surface area contributed by atoms with Crippen molar-refractivity contribution in [3.05, 3.63) is 77.9 Å². The van der Waals surface area contributed by atoms with Crippen molar-refractivity contribution in [3.8, 4) is 10.6 Å². The number of hydrogen-bond acceptors (Lipinski definition) is 6. The predicted molar refractivity (Wildman–Crippen MR) is 139 cm³/mol. The van der Waals surface area contributed by atoms with E-state index in [2.05, 4.69) is 24.4 Å². The number of amides is 1. The maximum atomic E-state index is 12.6. The third-order valence-corrected chi connectivity index (χ3v) is 8.00. The maximum absolute atomic E-state index is 12.6. The lowest BCUT2D eigenvalue weighted by atomic mass is 10.1. The molecule has 1 N–H and O–H groups in total. The Morgan fingerprint density at radius 1 is 1.06 bits per heavy atom. The second kappa shape index (κ2) is 9.66. The number of anilines is 1. The number of aromatic nitrogens is 1. The monoisotopic (exact) mass is 493 g/mol. The van der Waals surface area contributed by atoms with Crippen molar-refractivity contribution in [1.29, 1.82) is 0 Å². The molecule has 0 spiro atoms. The summed E-state index contributed by atoms with van der Waals surface area (Å²) in [5.41, 5.74) is 4.89. The average molecular weight is 494 g/mol. The van der Waals surface area contributed by atoms with E-state index in [0.29, 0.717) is 0 Å². The van der Waals surface area contributed by atoms with Gasteiger partial charge in [0.2, 0.25) is 5.91 Å². The van der Waals surface area contributed by atoms with Crippen LogP contribution in [0.15, 0.2) is 71.6 Å². The van der Waals surface area contributed by atoms with Gasteiger partial charge in [-0.15, -0.1) is 11.3 Å². The molecule has 34 heavy (non-hydrogen) atoms. The number of nitrogens with one attached hydrogen (secondary N) is 1. The number of benzene rings is 3. The second-order valence-electron chi connectivity index (χ2n) is 8.55. The van der Waals surface area contributed by atoms with E-state index in [1.807, 2.05) is 49.2 Å². The number of carbonyl (C=O) groups is 1. The summed E-state index contributed by atoms with van der Waals surface area (Å²) in [5.74, 6) is -0.120. The summed E-state index contributed by atoms with van der Waals surface area (Å²) in [6.45, 7) is 4.26. The fraction of sp³-hybridized carbons (Fsp3) is 0.231. The van der Waals surface area contributed by atoms with Gasteiger partial charge >= 0.3 is 0 Å². The highest BCUT2D eigenvalue weighted by Gasteiger charge is 2.16. The number of thiazole rings is 1. The van der Waals surface area contributed by atoms with Gasteiger partial charge in [-0.25, -0.2) is 13.4 Å². The van der Waals surface area contributed by atoms with Crippen LogP contribution in [-0.4, -0.2) is 44.1 Å². The molecule has 4 rings (SSSR count). The summed E-state index contributed by atoms with van der Waals surface area (Å²) in [7, 11) is -1.36. The smallest absolute Gasteiger partial charge is 0.238 e. The molecule has 0 aliphatic carbocycles. The highest BCUT2D eigenvalue weighted by Crippen LogP contribution is 2.31. The van der Waals surface area contributed by atoms with E-state index < -0.39 is 9.84 Å². The zero-order valence-electron chi connectivity index (χ0n) is 19.6. The number of nitrogens with zero attached hydrogens (tertiary/aromatic N) is 2. The highest BCUT2D eigenvalue weighted by atomic mass is 32.2. The average Bonchev–Trinajstić information content (AvgIpc) is 3.21.